The number of anilines is 1. The maximum Gasteiger partial charge on any atom is 0.219 e. The molecule has 2 aromatic rings. The second kappa shape index (κ2) is 5.76. The van der Waals surface area contributed by atoms with Crippen LogP contribution in [0.25, 0.3) is 0 Å². The Labute approximate surface area is 127 Å². The highest BCUT2D eigenvalue weighted by molar-refractivity contribution is 5.46. The van der Waals surface area contributed by atoms with Gasteiger partial charge in [-0.2, -0.15) is 0 Å². The van der Waals surface area contributed by atoms with E-state index in [9.17, 15) is 0 Å². The van der Waals surface area contributed by atoms with Crippen LogP contribution < -0.4 is 10.5 Å². The van der Waals surface area contributed by atoms with Crippen molar-refractivity contribution in [3.63, 3.8) is 0 Å². The van der Waals surface area contributed by atoms with Crippen LogP contribution in [0.1, 0.15) is 44.5 Å². The summed E-state index contributed by atoms with van der Waals surface area (Å²) >= 11 is 0. The third kappa shape index (κ3) is 3.54. The number of nitrogens with two attached hydrogens (primary N) is 1. The fourth-order valence-corrected chi connectivity index (χ4v) is 2.19. The van der Waals surface area contributed by atoms with Crippen LogP contribution in [0.5, 0.6) is 11.6 Å². The zero-order valence-electron chi connectivity index (χ0n) is 13.5. The number of ether oxygens (including phenoxy) is 1. The molecule has 1 aromatic heterocycles. The second-order valence-corrected chi connectivity index (χ2v) is 6.36. The number of aryl methyl sites for hydroxylation is 2. The lowest BCUT2D eigenvalue weighted by Gasteiger charge is -2.23. The van der Waals surface area contributed by atoms with Crippen molar-refractivity contribution in [3.05, 3.63) is 47.2 Å². The first-order chi connectivity index (χ1) is 9.81. The van der Waals surface area contributed by atoms with E-state index in [-0.39, 0.29) is 5.41 Å². The number of hydrogen-bond donors (Lipinski definition) is 1. The van der Waals surface area contributed by atoms with Crippen LogP contribution in [0, 0.1) is 6.92 Å². The predicted molar refractivity (Wildman–Crippen MR) is 88.0 cm³/mol. The maximum atomic E-state index is 6.00. The van der Waals surface area contributed by atoms with Crippen molar-refractivity contribution in [3.8, 4) is 11.6 Å². The van der Waals surface area contributed by atoms with Crippen molar-refractivity contribution >= 4 is 5.69 Å². The number of hydrogen-bond acceptors (Lipinski definition) is 3. The van der Waals surface area contributed by atoms with Crippen LogP contribution >= 0.6 is 0 Å². The van der Waals surface area contributed by atoms with E-state index in [1.165, 1.54) is 11.1 Å². The molecular weight excluding hydrogens is 260 g/mol. The first-order valence-electron chi connectivity index (χ1n) is 7.35. The molecule has 2 N–H and O–H groups in total. The minimum absolute atomic E-state index is 0.0172. The Bertz CT molecular complexity index is 642. The quantitative estimate of drug-likeness (QED) is 0.894. The standard InChI is InChI=1S/C18H24N2O/c1-6-13-7-9-16(14(11-13)18(3,4)5)21-17-10-8-15(19)12(2)20-17/h7-11H,6,19H2,1-5H3. The molecule has 0 spiro atoms. The van der Waals surface area contributed by atoms with Crippen LogP contribution in [0.15, 0.2) is 30.3 Å². The van der Waals surface area contributed by atoms with Crippen molar-refractivity contribution in [1.82, 2.24) is 4.98 Å². The molecule has 1 heterocycles. The summed E-state index contributed by atoms with van der Waals surface area (Å²) in [5, 5.41) is 0. The Morgan fingerprint density at radius 2 is 1.86 bits per heavy atom. The van der Waals surface area contributed by atoms with Gasteiger partial charge in [0, 0.05) is 11.6 Å². The predicted octanol–water partition coefficient (Wildman–Crippen LogP) is 4.62. The SMILES string of the molecule is CCc1ccc(Oc2ccc(N)c(C)n2)c(C(C)(C)C)c1. The molecule has 0 bridgehead atoms. The summed E-state index contributed by atoms with van der Waals surface area (Å²) in [5.74, 6) is 1.44. The van der Waals surface area contributed by atoms with E-state index in [4.69, 9.17) is 10.5 Å². The van der Waals surface area contributed by atoms with E-state index in [0.29, 0.717) is 11.6 Å². The van der Waals surface area contributed by atoms with Gasteiger partial charge in [0.25, 0.3) is 0 Å². The van der Waals surface area contributed by atoms with E-state index in [2.05, 4.69) is 44.8 Å². The maximum absolute atomic E-state index is 6.00. The summed E-state index contributed by atoms with van der Waals surface area (Å²) in [4.78, 5) is 4.39. The molecule has 0 radical (unpaired) electrons. The van der Waals surface area contributed by atoms with E-state index < -0.39 is 0 Å². The summed E-state index contributed by atoms with van der Waals surface area (Å²) < 4.78 is 6.00. The van der Waals surface area contributed by atoms with Crippen molar-refractivity contribution < 1.29 is 4.74 Å². The molecule has 0 atom stereocenters. The highest BCUT2D eigenvalue weighted by Gasteiger charge is 2.20. The van der Waals surface area contributed by atoms with E-state index in [0.717, 1.165) is 17.9 Å². The Morgan fingerprint density at radius 1 is 1.14 bits per heavy atom. The number of benzene rings is 1. The molecule has 0 saturated heterocycles. The molecule has 0 aliphatic rings. The van der Waals surface area contributed by atoms with Gasteiger partial charge in [-0.1, -0.05) is 39.8 Å². The molecule has 3 heteroatoms. The van der Waals surface area contributed by atoms with Gasteiger partial charge in [0.05, 0.1) is 11.4 Å². The number of pyridine rings is 1. The van der Waals surface area contributed by atoms with Gasteiger partial charge < -0.3 is 10.5 Å². The smallest absolute Gasteiger partial charge is 0.219 e. The lowest BCUT2D eigenvalue weighted by Crippen LogP contribution is -2.13. The van der Waals surface area contributed by atoms with Crippen LogP contribution in [-0.2, 0) is 11.8 Å². The van der Waals surface area contributed by atoms with Crippen molar-refractivity contribution in [1.29, 1.82) is 0 Å². The Kier molecular flexibility index (Phi) is 4.21. The van der Waals surface area contributed by atoms with Gasteiger partial charge in [-0.25, -0.2) is 4.98 Å². The fraction of sp³-hybridized carbons (Fsp3) is 0.389. The zero-order valence-corrected chi connectivity index (χ0v) is 13.5. The van der Waals surface area contributed by atoms with Gasteiger partial charge in [-0.05, 0) is 36.5 Å². The van der Waals surface area contributed by atoms with Gasteiger partial charge in [-0.15, -0.1) is 0 Å². The number of nitrogen functional groups attached to an aromatic ring is 1. The van der Waals surface area contributed by atoms with E-state index in [1.807, 2.05) is 25.1 Å². The summed E-state index contributed by atoms with van der Waals surface area (Å²) in [6.45, 7) is 10.6. The highest BCUT2D eigenvalue weighted by atomic mass is 16.5. The number of aromatic nitrogens is 1. The number of nitrogens with zero attached hydrogens (tertiary/aromatic N) is 1. The lowest BCUT2D eigenvalue weighted by molar-refractivity contribution is 0.439. The van der Waals surface area contributed by atoms with Gasteiger partial charge >= 0.3 is 0 Å². The van der Waals surface area contributed by atoms with Gasteiger partial charge in [0.2, 0.25) is 5.88 Å². The van der Waals surface area contributed by atoms with Crippen LogP contribution in [-0.4, -0.2) is 4.98 Å². The van der Waals surface area contributed by atoms with Gasteiger partial charge in [-0.3, -0.25) is 0 Å². The third-order valence-corrected chi connectivity index (χ3v) is 3.58. The number of rotatable bonds is 3. The Morgan fingerprint density at radius 3 is 2.43 bits per heavy atom. The van der Waals surface area contributed by atoms with Crippen LogP contribution in [0.3, 0.4) is 0 Å². The molecule has 21 heavy (non-hydrogen) atoms. The summed E-state index contributed by atoms with van der Waals surface area (Å²) in [5.41, 5.74) is 9.79. The molecule has 0 unspecified atom stereocenters. The second-order valence-electron chi connectivity index (χ2n) is 6.36. The molecule has 2 rings (SSSR count). The topological polar surface area (TPSA) is 48.1 Å². The Hall–Kier alpha value is -2.03. The average Bonchev–Trinajstić information content (AvgIpc) is 2.42. The van der Waals surface area contributed by atoms with Crippen molar-refractivity contribution in [2.75, 3.05) is 5.73 Å². The third-order valence-electron chi connectivity index (χ3n) is 3.58. The fourth-order valence-electron chi connectivity index (χ4n) is 2.19. The zero-order chi connectivity index (χ0) is 15.6. The molecule has 0 aliphatic carbocycles. The lowest BCUT2D eigenvalue weighted by atomic mass is 9.85. The minimum atomic E-state index is 0.0172. The van der Waals surface area contributed by atoms with Crippen molar-refractivity contribution in [2.24, 2.45) is 0 Å². The first-order valence-corrected chi connectivity index (χ1v) is 7.35. The molecule has 0 aliphatic heterocycles. The minimum Gasteiger partial charge on any atom is -0.439 e. The normalized spacial score (nSPS) is 11.5. The van der Waals surface area contributed by atoms with Gasteiger partial charge in [0.15, 0.2) is 0 Å². The van der Waals surface area contributed by atoms with Crippen molar-refractivity contribution in [2.45, 2.75) is 46.5 Å². The molecule has 112 valence electrons. The molecule has 0 saturated carbocycles. The van der Waals surface area contributed by atoms with Crippen LogP contribution in [0.4, 0.5) is 5.69 Å². The van der Waals surface area contributed by atoms with Gasteiger partial charge in [0.1, 0.15) is 5.75 Å². The molecule has 1 aromatic carbocycles. The first kappa shape index (κ1) is 15.4. The van der Waals surface area contributed by atoms with Crippen LogP contribution in [0.2, 0.25) is 0 Å². The monoisotopic (exact) mass is 284 g/mol. The summed E-state index contributed by atoms with van der Waals surface area (Å²) in [7, 11) is 0. The summed E-state index contributed by atoms with van der Waals surface area (Å²) in [6, 6.07) is 10.00. The largest absolute Gasteiger partial charge is 0.439 e. The molecule has 0 fully saturated rings. The average molecular weight is 284 g/mol. The summed E-state index contributed by atoms with van der Waals surface area (Å²) in [6.07, 6.45) is 1.02. The van der Waals surface area contributed by atoms with E-state index in [1.54, 1.807) is 0 Å². The highest BCUT2D eigenvalue weighted by Crippen LogP contribution is 2.34. The van der Waals surface area contributed by atoms with E-state index >= 15 is 0 Å². The molecular formula is C18H24N2O. The molecule has 3 nitrogen and oxygen atoms in total. The Balaban J connectivity index is 2.41. The molecule has 0 amide bonds.